The molecule has 0 saturated heterocycles. The van der Waals surface area contributed by atoms with Crippen molar-refractivity contribution in [2.75, 3.05) is 13.7 Å². The maximum atomic E-state index is 5.28. The summed E-state index contributed by atoms with van der Waals surface area (Å²) in [4.78, 5) is 0. The number of hydrogen-bond donors (Lipinski definition) is 1. The summed E-state index contributed by atoms with van der Waals surface area (Å²) in [6, 6.07) is 8.92. The van der Waals surface area contributed by atoms with Crippen LogP contribution in [0.3, 0.4) is 0 Å². The van der Waals surface area contributed by atoms with Crippen molar-refractivity contribution in [3.63, 3.8) is 0 Å². The molecule has 1 fully saturated rings. The van der Waals surface area contributed by atoms with Crippen molar-refractivity contribution < 1.29 is 4.74 Å². The van der Waals surface area contributed by atoms with Gasteiger partial charge in [-0.3, -0.25) is 0 Å². The van der Waals surface area contributed by atoms with Crippen molar-refractivity contribution in [1.82, 2.24) is 5.32 Å². The van der Waals surface area contributed by atoms with E-state index in [0.717, 1.165) is 24.1 Å². The molecule has 0 radical (unpaired) electrons. The van der Waals surface area contributed by atoms with E-state index >= 15 is 0 Å². The third kappa shape index (κ3) is 2.38. The second kappa shape index (κ2) is 4.88. The monoisotopic (exact) mass is 219 g/mol. The summed E-state index contributed by atoms with van der Waals surface area (Å²) in [7, 11) is 1.72. The van der Waals surface area contributed by atoms with Crippen molar-refractivity contribution in [3.05, 3.63) is 29.8 Å². The molecule has 1 N–H and O–H groups in total. The molecule has 2 nitrogen and oxygen atoms in total. The first-order valence-electron chi connectivity index (χ1n) is 6.13. The molecular formula is C14H21NO. The van der Waals surface area contributed by atoms with E-state index in [4.69, 9.17) is 4.74 Å². The van der Waals surface area contributed by atoms with Gasteiger partial charge in [0.2, 0.25) is 0 Å². The molecule has 0 heterocycles. The highest BCUT2D eigenvalue weighted by molar-refractivity contribution is 5.31. The maximum Gasteiger partial charge on any atom is 0.119 e. The van der Waals surface area contributed by atoms with Gasteiger partial charge in [-0.25, -0.2) is 0 Å². The van der Waals surface area contributed by atoms with Crippen LogP contribution < -0.4 is 10.1 Å². The van der Waals surface area contributed by atoms with Crippen molar-refractivity contribution in [1.29, 1.82) is 0 Å². The number of methoxy groups -OCH3 is 1. The first-order chi connectivity index (χ1) is 7.76. The number of ether oxygens (including phenoxy) is 1. The zero-order valence-corrected chi connectivity index (χ0v) is 10.4. The summed E-state index contributed by atoms with van der Waals surface area (Å²) in [5.74, 6) is 2.61. The van der Waals surface area contributed by atoms with Gasteiger partial charge in [0.25, 0.3) is 0 Å². The first-order valence-corrected chi connectivity index (χ1v) is 6.13. The standard InChI is InChI=1S/C14H21NO/c1-4-15-14(13-8-10(13)2)11-6-5-7-12(9-11)16-3/h5-7,9-10,13-15H,4,8H2,1-3H3. The second-order valence-electron chi connectivity index (χ2n) is 4.69. The van der Waals surface area contributed by atoms with Crippen LogP contribution in [0.2, 0.25) is 0 Å². The molecule has 0 amide bonds. The van der Waals surface area contributed by atoms with E-state index in [1.54, 1.807) is 7.11 Å². The fraction of sp³-hybridized carbons (Fsp3) is 0.571. The summed E-state index contributed by atoms with van der Waals surface area (Å²) >= 11 is 0. The van der Waals surface area contributed by atoms with E-state index in [2.05, 4.69) is 37.4 Å². The first kappa shape index (κ1) is 11.5. The molecule has 1 aliphatic carbocycles. The lowest BCUT2D eigenvalue weighted by Gasteiger charge is -2.19. The minimum Gasteiger partial charge on any atom is -0.497 e. The average molecular weight is 219 g/mol. The van der Waals surface area contributed by atoms with Gasteiger partial charge in [0.15, 0.2) is 0 Å². The molecular weight excluding hydrogens is 198 g/mol. The van der Waals surface area contributed by atoms with Crippen LogP contribution in [0, 0.1) is 11.8 Å². The van der Waals surface area contributed by atoms with Crippen LogP contribution in [0.1, 0.15) is 31.9 Å². The summed E-state index contributed by atoms with van der Waals surface area (Å²) < 4.78 is 5.28. The second-order valence-corrected chi connectivity index (χ2v) is 4.69. The van der Waals surface area contributed by atoms with E-state index < -0.39 is 0 Å². The lowest BCUT2D eigenvalue weighted by Crippen LogP contribution is -2.23. The van der Waals surface area contributed by atoms with Crippen molar-refractivity contribution in [3.8, 4) is 5.75 Å². The lowest BCUT2D eigenvalue weighted by molar-refractivity contribution is 0.411. The van der Waals surface area contributed by atoms with Gasteiger partial charge in [-0.15, -0.1) is 0 Å². The van der Waals surface area contributed by atoms with Gasteiger partial charge in [-0.1, -0.05) is 26.0 Å². The summed E-state index contributed by atoms with van der Waals surface area (Å²) in [6.45, 7) is 5.51. The molecule has 1 aromatic rings. The van der Waals surface area contributed by atoms with E-state index in [0.29, 0.717) is 6.04 Å². The Balaban J connectivity index is 2.17. The lowest BCUT2D eigenvalue weighted by atomic mass is 10.0. The summed E-state index contributed by atoms with van der Waals surface area (Å²) in [6.07, 6.45) is 1.34. The Bertz CT molecular complexity index is 350. The van der Waals surface area contributed by atoms with Crippen molar-refractivity contribution in [2.24, 2.45) is 11.8 Å². The molecule has 1 saturated carbocycles. The number of hydrogen-bond acceptors (Lipinski definition) is 2. The van der Waals surface area contributed by atoms with E-state index in [9.17, 15) is 0 Å². The van der Waals surface area contributed by atoms with Crippen LogP contribution in [0.4, 0.5) is 0 Å². The molecule has 2 heteroatoms. The third-order valence-corrected chi connectivity index (χ3v) is 3.48. The Morgan fingerprint density at radius 2 is 2.25 bits per heavy atom. The smallest absolute Gasteiger partial charge is 0.119 e. The number of rotatable bonds is 5. The van der Waals surface area contributed by atoms with Crippen LogP contribution >= 0.6 is 0 Å². The van der Waals surface area contributed by atoms with Crippen LogP contribution in [0.25, 0.3) is 0 Å². The van der Waals surface area contributed by atoms with Gasteiger partial charge in [0.05, 0.1) is 7.11 Å². The van der Waals surface area contributed by atoms with Gasteiger partial charge in [-0.05, 0) is 42.5 Å². The van der Waals surface area contributed by atoms with Gasteiger partial charge >= 0.3 is 0 Å². The fourth-order valence-corrected chi connectivity index (χ4v) is 2.39. The Hall–Kier alpha value is -1.02. The Labute approximate surface area is 98.0 Å². The minimum absolute atomic E-state index is 0.495. The van der Waals surface area contributed by atoms with Crippen LogP contribution in [-0.2, 0) is 0 Å². The zero-order chi connectivity index (χ0) is 11.5. The van der Waals surface area contributed by atoms with Crippen LogP contribution in [0.5, 0.6) is 5.75 Å². The topological polar surface area (TPSA) is 21.3 Å². The molecule has 3 unspecified atom stereocenters. The zero-order valence-electron chi connectivity index (χ0n) is 10.4. The number of benzene rings is 1. The molecule has 1 aliphatic rings. The molecule has 16 heavy (non-hydrogen) atoms. The molecule has 0 spiro atoms. The van der Waals surface area contributed by atoms with Gasteiger partial charge < -0.3 is 10.1 Å². The molecule has 1 aromatic carbocycles. The summed E-state index contributed by atoms with van der Waals surface area (Å²) in [5.41, 5.74) is 1.36. The highest BCUT2D eigenvalue weighted by Gasteiger charge is 2.39. The van der Waals surface area contributed by atoms with Gasteiger partial charge in [-0.2, -0.15) is 0 Å². The highest BCUT2D eigenvalue weighted by Crippen LogP contribution is 2.47. The van der Waals surface area contributed by atoms with Gasteiger partial charge in [0, 0.05) is 6.04 Å². The summed E-state index contributed by atoms with van der Waals surface area (Å²) in [5, 5.41) is 3.59. The normalized spacial score (nSPS) is 25.2. The Kier molecular flexibility index (Phi) is 3.49. The Morgan fingerprint density at radius 3 is 2.81 bits per heavy atom. The SMILES string of the molecule is CCNC(c1cccc(OC)c1)C1CC1C. The van der Waals surface area contributed by atoms with Crippen LogP contribution in [-0.4, -0.2) is 13.7 Å². The predicted molar refractivity (Wildman–Crippen MR) is 66.7 cm³/mol. The van der Waals surface area contributed by atoms with Gasteiger partial charge in [0.1, 0.15) is 5.75 Å². The largest absolute Gasteiger partial charge is 0.497 e. The molecule has 0 bridgehead atoms. The average Bonchev–Trinajstić information content (AvgIpc) is 3.03. The van der Waals surface area contributed by atoms with Crippen molar-refractivity contribution >= 4 is 0 Å². The minimum atomic E-state index is 0.495. The van der Waals surface area contributed by atoms with Crippen LogP contribution in [0.15, 0.2) is 24.3 Å². The van der Waals surface area contributed by atoms with E-state index in [1.165, 1.54) is 12.0 Å². The van der Waals surface area contributed by atoms with E-state index in [-0.39, 0.29) is 0 Å². The highest BCUT2D eigenvalue weighted by atomic mass is 16.5. The Morgan fingerprint density at radius 1 is 1.50 bits per heavy atom. The maximum absolute atomic E-state index is 5.28. The molecule has 0 aliphatic heterocycles. The van der Waals surface area contributed by atoms with E-state index in [1.807, 2.05) is 6.07 Å². The van der Waals surface area contributed by atoms with Crippen molar-refractivity contribution in [2.45, 2.75) is 26.3 Å². The molecule has 88 valence electrons. The molecule has 0 aromatic heterocycles. The number of nitrogens with one attached hydrogen (secondary N) is 1. The fourth-order valence-electron chi connectivity index (χ4n) is 2.39. The predicted octanol–water partition coefficient (Wildman–Crippen LogP) is 3.00. The molecule has 2 rings (SSSR count). The third-order valence-electron chi connectivity index (χ3n) is 3.48. The molecule has 3 atom stereocenters. The quantitative estimate of drug-likeness (QED) is 0.822.